The molecule has 3 rings (SSSR count). The summed E-state index contributed by atoms with van der Waals surface area (Å²) < 4.78 is 5.37. The van der Waals surface area contributed by atoms with Crippen LogP contribution in [-0.4, -0.2) is 37.1 Å². The van der Waals surface area contributed by atoms with Crippen molar-refractivity contribution in [3.05, 3.63) is 69.4 Å². The van der Waals surface area contributed by atoms with Crippen LogP contribution in [0.1, 0.15) is 0 Å². The van der Waals surface area contributed by atoms with Crippen molar-refractivity contribution >= 4 is 40.3 Å². The molecule has 1 saturated heterocycles. The van der Waals surface area contributed by atoms with E-state index in [0.717, 1.165) is 30.5 Å². The molecule has 0 radical (unpaired) electrons. The number of halogens is 1. The van der Waals surface area contributed by atoms with Gasteiger partial charge in [0.25, 0.3) is 11.6 Å². The molecule has 2 aromatic rings. The third kappa shape index (κ3) is 5.05. The summed E-state index contributed by atoms with van der Waals surface area (Å²) in [5.41, 5.74) is 1.26. The van der Waals surface area contributed by atoms with Gasteiger partial charge in [0.15, 0.2) is 0 Å². The van der Waals surface area contributed by atoms with E-state index >= 15 is 0 Å². The summed E-state index contributed by atoms with van der Waals surface area (Å²) in [6.45, 7) is 2.72. The zero-order chi connectivity index (χ0) is 21.5. The Kier molecular flexibility index (Phi) is 6.85. The second kappa shape index (κ2) is 9.73. The Morgan fingerprint density at radius 1 is 1.23 bits per heavy atom. The van der Waals surface area contributed by atoms with E-state index in [-0.39, 0.29) is 22.0 Å². The number of carbonyl (C=O) groups excluding carboxylic acids is 1. The molecule has 1 amide bonds. The quantitative estimate of drug-likeness (QED) is 0.313. The van der Waals surface area contributed by atoms with Gasteiger partial charge in [0.05, 0.1) is 40.2 Å². The molecule has 30 heavy (non-hydrogen) atoms. The van der Waals surface area contributed by atoms with Crippen LogP contribution in [0.25, 0.3) is 0 Å². The highest BCUT2D eigenvalue weighted by molar-refractivity contribution is 6.34. The molecular weight excluding hydrogens is 410 g/mol. The highest BCUT2D eigenvalue weighted by Gasteiger charge is 2.17. The van der Waals surface area contributed by atoms with Crippen LogP contribution in [0.4, 0.5) is 22.7 Å². The first-order valence-corrected chi connectivity index (χ1v) is 9.41. The number of hydrogen-bond acceptors (Lipinski definition) is 7. The van der Waals surface area contributed by atoms with Crippen molar-refractivity contribution in [1.29, 1.82) is 5.26 Å². The van der Waals surface area contributed by atoms with Crippen molar-refractivity contribution in [2.24, 2.45) is 0 Å². The molecule has 2 aromatic carbocycles. The van der Waals surface area contributed by atoms with Crippen molar-refractivity contribution in [3.8, 4) is 6.07 Å². The van der Waals surface area contributed by atoms with Gasteiger partial charge in [-0.15, -0.1) is 0 Å². The lowest BCUT2D eigenvalue weighted by Gasteiger charge is -2.30. The first kappa shape index (κ1) is 21.1. The maximum atomic E-state index is 12.5. The number of nitro groups is 1. The fourth-order valence-electron chi connectivity index (χ4n) is 2.89. The molecule has 0 bridgehead atoms. The fourth-order valence-corrected chi connectivity index (χ4v) is 3.05. The number of non-ortho nitro benzene ring substituents is 1. The SMILES string of the molecule is N#C/C(=C/Nc1ccccc1N1CCOCC1)C(=O)Nc1cc([N+](=O)[O-])ccc1Cl. The number of benzene rings is 2. The Bertz CT molecular complexity index is 1030. The predicted molar refractivity (Wildman–Crippen MR) is 114 cm³/mol. The summed E-state index contributed by atoms with van der Waals surface area (Å²) in [4.78, 5) is 25.0. The van der Waals surface area contributed by atoms with E-state index in [2.05, 4.69) is 15.5 Å². The number of anilines is 3. The summed E-state index contributed by atoms with van der Waals surface area (Å²) in [5, 5.41) is 25.9. The molecule has 1 aliphatic rings. The Labute approximate surface area is 177 Å². The van der Waals surface area contributed by atoms with E-state index in [1.165, 1.54) is 18.3 Å². The first-order chi connectivity index (χ1) is 14.5. The Hall–Kier alpha value is -3.61. The number of nitrogens with one attached hydrogen (secondary N) is 2. The van der Waals surface area contributed by atoms with Gasteiger partial charge < -0.3 is 20.3 Å². The number of nitriles is 1. The molecule has 0 atom stereocenters. The van der Waals surface area contributed by atoms with E-state index in [9.17, 15) is 20.2 Å². The summed E-state index contributed by atoms with van der Waals surface area (Å²) >= 11 is 6.00. The molecule has 0 aliphatic carbocycles. The second-order valence-corrected chi connectivity index (χ2v) is 6.71. The minimum Gasteiger partial charge on any atom is -0.378 e. The first-order valence-electron chi connectivity index (χ1n) is 9.03. The lowest BCUT2D eigenvalue weighted by Crippen LogP contribution is -2.36. The summed E-state index contributed by atoms with van der Waals surface area (Å²) in [5.74, 6) is -0.740. The zero-order valence-electron chi connectivity index (χ0n) is 15.8. The molecule has 0 aromatic heterocycles. The number of rotatable bonds is 6. The van der Waals surface area contributed by atoms with Crippen LogP contribution in [0, 0.1) is 21.4 Å². The topological polar surface area (TPSA) is 121 Å². The second-order valence-electron chi connectivity index (χ2n) is 6.31. The van der Waals surface area contributed by atoms with Crippen molar-refractivity contribution in [3.63, 3.8) is 0 Å². The van der Waals surface area contributed by atoms with Gasteiger partial charge in [-0.1, -0.05) is 23.7 Å². The molecule has 0 saturated carbocycles. The zero-order valence-corrected chi connectivity index (χ0v) is 16.6. The third-order valence-corrected chi connectivity index (χ3v) is 4.73. The Balaban J connectivity index is 1.77. The van der Waals surface area contributed by atoms with Crippen LogP contribution in [0.2, 0.25) is 5.02 Å². The molecule has 1 heterocycles. The van der Waals surface area contributed by atoms with E-state index < -0.39 is 10.8 Å². The number of hydrogen-bond donors (Lipinski definition) is 2. The van der Waals surface area contributed by atoms with Gasteiger partial charge in [-0.05, 0) is 18.2 Å². The minimum atomic E-state index is -0.740. The maximum Gasteiger partial charge on any atom is 0.271 e. The highest BCUT2D eigenvalue weighted by atomic mass is 35.5. The number of morpholine rings is 1. The van der Waals surface area contributed by atoms with Crippen LogP contribution in [0.15, 0.2) is 54.2 Å². The van der Waals surface area contributed by atoms with Crippen LogP contribution in [-0.2, 0) is 9.53 Å². The van der Waals surface area contributed by atoms with Crippen molar-refractivity contribution in [2.75, 3.05) is 41.8 Å². The molecule has 9 nitrogen and oxygen atoms in total. The summed E-state index contributed by atoms with van der Waals surface area (Å²) in [6, 6.07) is 13.0. The van der Waals surface area contributed by atoms with Crippen LogP contribution >= 0.6 is 11.6 Å². The molecule has 1 fully saturated rings. The minimum absolute atomic E-state index is 0.0470. The molecular formula is C20H18ClN5O4. The predicted octanol–water partition coefficient (Wildman–Crippen LogP) is 3.54. The molecule has 1 aliphatic heterocycles. The van der Waals surface area contributed by atoms with Gasteiger partial charge in [0.1, 0.15) is 11.6 Å². The molecule has 154 valence electrons. The Morgan fingerprint density at radius 3 is 2.67 bits per heavy atom. The average molecular weight is 428 g/mol. The van der Waals surface area contributed by atoms with Gasteiger partial charge in [-0.25, -0.2) is 0 Å². The number of ether oxygens (including phenoxy) is 1. The summed E-state index contributed by atoms with van der Waals surface area (Å²) in [6.07, 6.45) is 1.29. The molecule has 0 unspecified atom stereocenters. The fraction of sp³-hybridized carbons (Fsp3) is 0.200. The van der Waals surface area contributed by atoms with Gasteiger partial charge in [0, 0.05) is 31.4 Å². The largest absolute Gasteiger partial charge is 0.378 e. The number of amides is 1. The lowest BCUT2D eigenvalue weighted by atomic mass is 10.2. The third-order valence-electron chi connectivity index (χ3n) is 4.40. The van der Waals surface area contributed by atoms with Gasteiger partial charge in [0.2, 0.25) is 0 Å². The smallest absolute Gasteiger partial charge is 0.271 e. The van der Waals surface area contributed by atoms with E-state index in [4.69, 9.17) is 16.3 Å². The number of nitrogens with zero attached hydrogens (tertiary/aromatic N) is 3. The van der Waals surface area contributed by atoms with E-state index in [1.54, 1.807) is 0 Å². The van der Waals surface area contributed by atoms with Crippen LogP contribution in [0.3, 0.4) is 0 Å². The molecule has 0 spiro atoms. The van der Waals surface area contributed by atoms with Crippen LogP contribution in [0.5, 0.6) is 0 Å². The van der Waals surface area contributed by atoms with E-state index in [1.807, 2.05) is 30.3 Å². The Morgan fingerprint density at radius 2 is 1.97 bits per heavy atom. The number of para-hydroxylation sites is 2. The monoisotopic (exact) mass is 427 g/mol. The van der Waals surface area contributed by atoms with Crippen LogP contribution < -0.4 is 15.5 Å². The highest BCUT2D eigenvalue weighted by Crippen LogP contribution is 2.28. The van der Waals surface area contributed by atoms with Gasteiger partial charge in [-0.3, -0.25) is 14.9 Å². The van der Waals surface area contributed by atoms with Crippen molar-refractivity contribution in [1.82, 2.24) is 0 Å². The number of nitro benzene ring substituents is 1. The van der Waals surface area contributed by atoms with Gasteiger partial charge >= 0.3 is 0 Å². The molecule has 10 heteroatoms. The van der Waals surface area contributed by atoms with Crippen molar-refractivity contribution < 1.29 is 14.5 Å². The summed E-state index contributed by atoms with van der Waals surface area (Å²) in [7, 11) is 0. The van der Waals surface area contributed by atoms with Gasteiger partial charge in [-0.2, -0.15) is 5.26 Å². The lowest BCUT2D eigenvalue weighted by molar-refractivity contribution is -0.384. The average Bonchev–Trinajstić information content (AvgIpc) is 2.76. The van der Waals surface area contributed by atoms with Crippen molar-refractivity contribution in [2.45, 2.75) is 0 Å². The number of carbonyl (C=O) groups is 1. The normalized spacial score (nSPS) is 14.0. The standard InChI is InChI=1S/C20H18ClN5O4/c21-16-6-5-15(26(28)29)11-18(16)24-20(27)14(12-22)13-23-17-3-1-2-4-19(17)25-7-9-30-10-8-25/h1-6,11,13,23H,7-10H2,(H,24,27)/b14-13-. The maximum absolute atomic E-state index is 12.5. The molecule has 2 N–H and O–H groups in total. The van der Waals surface area contributed by atoms with E-state index in [0.29, 0.717) is 13.2 Å².